The first kappa shape index (κ1) is 14.6. The van der Waals surface area contributed by atoms with E-state index in [-0.39, 0.29) is 17.3 Å². The van der Waals surface area contributed by atoms with Crippen LogP contribution in [0.1, 0.15) is 12.5 Å². The molecule has 2 aromatic rings. The van der Waals surface area contributed by atoms with Gasteiger partial charge in [0.1, 0.15) is 12.1 Å². The summed E-state index contributed by atoms with van der Waals surface area (Å²) in [6.07, 6.45) is 1.21. The van der Waals surface area contributed by atoms with E-state index in [4.69, 9.17) is 0 Å². The number of benzene rings is 1. The van der Waals surface area contributed by atoms with E-state index in [1.165, 1.54) is 18.5 Å². The maximum Gasteiger partial charge on any atom is 0.353 e. The number of hydrogen-bond acceptors (Lipinski definition) is 6. The Kier molecular flexibility index (Phi) is 4.27. The van der Waals surface area contributed by atoms with Crippen molar-refractivity contribution in [1.82, 2.24) is 9.97 Å². The van der Waals surface area contributed by atoms with Crippen molar-refractivity contribution in [2.24, 2.45) is 0 Å². The van der Waals surface area contributed by atoms with Crippen LogP contribution in [0.25, 0.3) is 0 Å². The molecule has 0 bridgehead atoms. The molecule has 7 nitrogen and oxygen atoms in total. The van der Waals surface area contributed by atoms with Gasteiger partial charge in [-0.3, -0.25) is 10.1 Å². The maximum absolute atomic E-state index is 13.3. The highest BCUT2D eigenvalue weighted by Crippen LogP contribution is 2.31. The Labute approximate surface area is 120 Å². The summed E-state index contributed by atoms with van der Waals surface area (Å²) in [7, 11) is 0. The molecule has 0 aliphatic carbocycles. The molecule has 0 atom stereocenters. The summed E-state index contributed by atoms with van der Waals surface area (Å²) >= 11 is 0. The third-order valence-corrected chi connectivity index (χ3v) is 2.80. The predicted octanol–water partition coefficient (Wildman–Crippen LogP) is 3.01. The Morgan fingerprint density at radius 1 is 1.33 bits per heavy atom. The zero-order chi connectivity index (χ0) is 15.4. The summed E-state index contributed by atoms with van der Waals surface area (Å²) in [6, 6.07) is 4.16. The van der Waals surface area contributed by atoms with Crippen LogP contribution in [0.2, 0.25) is 0 Å². The van der Waals surface area contributed by atoms with Crippen LogP contribution in [0.3, 0.4) is 0 Å². The SMILES string of the molecule is CCNc1ncnc(Nc2cc(F)ccc2C)c1[N+](=O)[O-]. The van der Waals surface area contributed by atoms with Gasteiger partial charge >= 0.3 is 5.69 Å². The average Bonchev–Trinajstić information content (AvgIpc) is 2.43. The minimum atomic E-state index is -0.574. The summed E-state index contributed by atoms with van der Waals surface area (Å²) in [5, 5.41) is 16.8. The second-order valence-electron chi connectivity index (χ2n) is 4.29. The van der Waals surface area contributed by atoms with Crippen molar-refractivity contribution in [3.8, 4) is 0 Å². The predicted molar refractivity (Wildman–Crippen MR) is 77.3 cm³/mol. The van der Waals surface area contributed by atoms with Crippen LogP contribution in [0.15, 0.2) is 24.5 Å². The standard InChI is InChI=1S/C13H14FN5O2/c1-3-15-12-11(19(20)21)13(17-7-16-12)18-10-6-9(14)5-4-8(10)2/h4-7H,3H2,1-2H3,(H2,15,16,17,18). The lowest BCUT2D eigenvalue weighted by Crippen LogP contribution is -2.08. The van der Waals surface area contributed by atoms with Crippen molar-refractivity contribution in [2.75, 3.05) is 17.2 Å². The number of nitro groups is 1. The average molecular weight is 291 g/mol. The lowest BCUT2D eigenvalue weighted by Gasteiger charge is -2.11. The number of aromatic nitrogens is 2. The number of aryl methyl sites for hydroxylation is 1. The number of anilines is 3. The summed E-state index contributed by atoms with van der Waals surface area (Å²) in [6.45, 7) is 4.05. The molecule has 0 unspecified atom stereocenters. The molecule has 110 valence electrons. The number of nitrogens with zero attached hydrogens (tertiary/aromatic N) is 3. The van der Waals surface area contributed by atoms with E-state index in [2.05, 4.69) is 20.6 Å². The van der Waals surface area contributed by atoms with Crippen LogP contribution < -0.4 is 10.6 Å². The van der Waals surface area contributed by atoms with Crippen LogP contribution in [0.4, 0.5) is 27.4 Å². The molecule has 0 radical (unpaired) electrons. The van der Waals surface area contributed by atoms with E-state index >= 15 is 0 Å². The molecule has 0 aliphatic rings. The number of hydrogen-bond donors (Lipinski definition) is 2. The van der Waals surface area contributed by atoms with Crippen LogP contribution in [-0.4, -0.2) is 21.4 Å². The molecule has 0 fully saturated rings. The van der Waals surface area contributed by atoms with Crippen molar-refractivity contribution in [3.63, 3.8) is 0 Å². The van der Waals surface area contributed by atoms with E-state index < -0.39 is 10.7 Å². The van der Waals surface area contributed by atoms with E-state index in [0.717, 1.165) is 5.56 Å². The third-order valence-electron chi connectivity index (χ3n) is 2.80. The van der Waals surface area contributed by atoms with Gasteiger partial charge in [0, 0.05) is 12.2 Å². The largest absolute Gasteiger partial charge is 0.364 e. The fourth-order valence-corrected chi connectivity index (χ4v) is 1.80. The number of nitrogens with one attached hydrogen (secondary N) is 2. The minimum Gasteiger partial charge on any atom is -0.364 e. The van der Waals surface area contributed by atoms with Crippen LogP contribution >= 0.6 is 0 Å². The van der Waals surface area contributed by atoms with Crippen LogP contribution in [-0.2, 0) is 0 Å². The lowest BCUT2D eigenvalue weighted by atomic mass is 10.2. The van der Waals surface area contributed by atoms with Crippen molar-refractivity contribution in [2.45, 2.75) is 13.8 Å². The first-order chi connectivity index (χ1) is 10.0. The highest BCUT2D eigenvalue weighted by atomic mass is 19.1. The van der Waals surface area contributed by atoms with Gasteiger partial charge in [0.15, 0.2) is 0 Å². The molecular weight excluding hydrogens is 277 g/mol. The lowest BCUT2D eigenvalue weighted by molar-refractivity contribution is -0.383. The van der Waals surface area contributed by atoms with Gasteiger partial charge in [0.2, 0.25) is 11.6 Å². The molecule has 21 heavy (non-hydrogen) atoms. The number of halogens is 1. The summed E-state index contributed by atoms with van der Waals surface area (Å²) < 4.78 is 13.3. The Morgan fingerprint density at radius 2 is 2.05 bits per heavy atom. The van der Waals surface area contributed by atoms with E-state index in [1.54, 1.807) is 19.9 Å². The summed E-state index contributed by atoms with van der Waals surface area (Å²) in [5.41, 5.74) is 0.886. The molecule has 0 saturated heterocycles. The van der Waals surface area contributed by atoms with Gasteiger partial charge in [-0.25, -0.2) is 14.4 Å². The highest BCUT2D eigenvalue weighted by Gasteiger charge is 2.23. The van der Waals surface area contributed by atoms with Gasteiger partial charge < -0.3 is 10.6 Å². The summed E-state index contributed by atoms with van der Waals surface area (Å²) in [5.74, 6) is -0.305. The Hall–Kier alpha value is -2.77. The van der Waals surface area contributed by atoms with Crippen molar-refractivity contribution < 1.29 is 9.31 Å². The zero-order valence-electron chi connectivity index (χ0n) is 11.6. The van der Waals surface area contributed by atoms with E-state index in [0.29, 0.717) is 12.2 Å². The Morgan fingerprint density at radius 3 is 2.71 bits per heavy atom. The molecular formula is C13H14FN5O2. The Balaban J connectivity index is 2.46. The quantitative estimate of drug-likeness (QED) is 0.649. The van der Waals surface area contributed by atoms with Gasteiger partial charge in [0.25, 0.3) is 0 Å². The molecule has 1 aromatic carbocycles. The molecule has 0 saturated carbocycles. The van der Waals surface area contributed by atoms with Crippen LogP contribution in [0, 0.1) is 22.9 Å². The number of rotatable bonds is 5. The molecule has 2 rings (SSSR count). The molecule has 2 N–H and O–H groups in total. The van der Waals surface area contributed by atoms with Crippen molar-refractivity contribution in [1.29, 1.82) is 0 Å². The molecule has 8 heteroatoms. The van der Waals surface area contributed by atoms with Gasteiger partial charge in [-0.1, -0.05) is 6.07 Å². The van der Waals surface area contributed by atoms with E-state index in [9.17, 15) is 14.5 Å². The highest BCUT2D eigenvalue weighted by molar-refractivity contribution is 5.74. The van der Waals surface area contributed by atoms with E-state index in [1.807, 2.05) is 0 Å². The van der Waals surface area contributed by atoms with Gasteiger partial charge in [-0.2, -0.15) is 0 Å². The molecule has 0 spiro atoms. The van der Waals surface area contributed by atoms with Gasteiger partial charge in [0.05, 0.1) is 4.92 Å². The van der Waals surface area contributed by atoms with Crippen molar-refractivity contribution >= 4 is 23.0 Å². The maximum atomic E-state index is 13.3. The van der Waals surface area contributed by atoms with Gasteiger partial charge in [-0.05, 0) is 31.5 Å². The topological polar surface area (TPSA) is 93.0 Å². The normalized spacial score (nSPS) is 10.2. The van der Waals surface area contributed by atoms with Crippen molar-refractivity contribution in [3.05, 3.63) is 46.0 Å². The molecule has 0 aliphatic heterocycles. The Bertz CT molecular complexity index is 678. The smallest absolute Gasteiger partial charge is 0.353 e. The summed E-state index contributed by atoms with van der Waals surface area (Å²) in [4.78, 5) is 18.4. The zero-order valence-corrected chi connectivity index (χ0v) is 11.6. The minimum absolute atomic E-state index is 0.0136. The fraction of sp³-hybridized carbons (Fsp3) is 0.231. The monoisotopic (exact) mass is 291 g/mol. The molecule has 0 amide bonds. The molecule has 1 aromatic heterocycles. The first-order valence-electron chi connectivity index (χ1n) is 6.29. The third kappa shape index (κ3) is 3.22. The second-order valence-corrected chi connectivity index (χ2v) is 4.29. The van der Waals surface area contributed by atoms with Gasteiger partial charge in [-0.15, -0.1) is 0 Å². The molecule has 1 heterocycles. The fourth-order valence-electron chi connectivity index (χ4n) is 1.80. The second kappa shape index (κ2) is 6.12. The van der Waals surface area contributed by atoms with Crippen LogP contribution in [0.5, 0.6) is 0 Å². The first-order valence-corrected chi connectivity index (χ1v) is 6.29.